The van der Waals surface area contributed by atoms with E-state index in [1.807, 2.05) is 24.3 Å². The number of amides is 1. The minimum Gasteiger partial charge on any atom is -0.497 e. The number of benzene rings is 1. The van der Waals surface area contributed by atoms with Crippen molar-refractivity contribution >= 4 is 22.7 Å². The quantitative estimate of drug-likeness (QED) is 0.182. The van der Waals surface area contributed by atoms with Gasteiger partial charge in [0.2, 0.25) is 0 Å². The molecule has 1 saturated heterocycles. The molecule has 0 bridgehead atoms. The molecule has 1 fully saturated rings. The number of morpholine rings is 1. The van der Waals surface area contributed by atoms with Gasteiger partial charge in [-0.25, -0.2) is 29.4 Å². The van der Waals surface area contributed by atoms with Gasteiger partial charge < -0.3 is 20.5 Å². The Balaban J connectivity index is 1.64. The Morgan fingerprint density at radius 3 is 2.88 bits per heavy atom. The number of nitrogens with one attached hydrogen (secondary N) is 1. The van der Waals surface area contributed by atoms with Crippen LogP contribution in [-0.2, 0) is 22.3 Å². The molecule has 1 amide bonds. The minimum atomic E-state index is -1.08. The fourth-order valence-corrected chi connectivity index (χ4v) is 4.05. The predicted molar refractivity (Wildman–Crippen MR) is 128 cm³/mol. The summed E-state index contributed by atoms with van der Waals surface area (Å²) in [5.74, 6) is 6.71. The largest absolute Gasteiger partial charge is 0.497 e. The van der Waals surface area contributed by atoms with Gasteiger partial charge in [-0.05, 0) is 30.7 Å². The summed E-state index contributed by atoms with van der Waals surface area (Å²) < 4.78 is 24.4. The third kappa shape index (κ3) is 7.18. The predicted octanol–water partition coefficient (Wildman–Crippen LogP) is -0.486. The highest BCUT2D eigenvalue weighted by Crippen LogP contribution is 2.12. The first-order valence-electron chi connectivity index (χ1n) is 10.6. The van der Waals surface area contributed by atoms with E-state index in [4.69, 9.17) is 21.1 Å². The summed E-state index contributed by atoms with van der Waals surface area (Å²) in [6.07, 6.45) is 1.35. The highest BCUT2D eigenvalue weighted by molar-refractivity contribution is 7.81. The molecule has 1 aromatic carbocycles. The summed E-state index contributed by atoms with van der Waals surface area (Å²) >= 11 is 0. The molecule has 2 unspecified atom stereocenters. The number of ether oxygens (including phenoxy) is 2. The molecule has 1 aliphatic rings. The van der Waals surface area contributed by atoms with E-state index in [9.17, 15) is 9.00 Å². The summed E-state index contributed by atoms with van der Waals surface area (Å²) in [5.41, 5.74) is 7.42. The lowest BCUT2D eigenvalue weighted by Crippen LogP contribution is -2.48. The van der Waals surface area contributed by atoms with Crippen molar-refractivity contribution < 1.29 is 18.5 Å². The van der Waals surface area contributed by atoms with Crippen molar-refractivity contribution in [1.29, 1.82) is 0 Å². The molecule has 2 heterocycles. The summed E-state index contributed by atoms with van der Waals surface area (Å²) in [6, 6.07) is 8.85. The van der Waals surface area contributed by atoms with Crippen molar-refractivity contribution in [3.05, 3.63) is 53.1 Å². The number of carbonyl (C=O) groups excluding carboxylic acids is 1. The van der Waals surface area contributed by atoms with Crippen molar-refractivity contribution in [3.63, 3.8) is 0 Å². The van der Waals surface area contributed by atoms with Crippen molar-refractivity contribution in [2.75, 3.05) is 39.6 Å². The molecule has 1 aromatic heterocycles. The Bertz CT molecular complexity index is 1070. The van der Waals surface area contributed by atoms with Crippen LogP contribution in [0.1, 0.15) is 27.6 Å². The second-order valence-corrected chi connectivity index (χ2v) is 9.00. The number of nitrogens with two attached hydrogens (primary N) is 2. The standard InChI is InChI=1S/C21H30N8O4S/c1-14-25-18(20(22)27-29(23)13-17-12-28(34(3)31)7-8-33-17)10-19(26-14)21(30)24-11-15-5-4-6-16(9-15)32-2/h4-6,9-10,17H,7-8,11-13,23H2,1-3H3,(H2,22,27)(H,24,30). The Kier molecular flexibility index (Phi) is 8.87. The Morgan fingerprint density at radius 1 is 1.38 bits per heavy atom. The number of hydrazine groups is 1. The van der Waals surface area contributed by atoms with Crippen LogP contribution in [0.5, 0.6) is 5.75 Å². The van der Waals surface area contributed by atoms with Crippen LogP contribution in [0.2, 0.25) is 0 Å². The molecule has 3 rings (SSSR count). The molecule has 2 atom stereocenters. The normalized spacial score (nSPS) is 17.8. The topological polar surface area (TPSA) is 161 Å². The van der Waals surface area contributed by atoms with Crippen LogP contribution >= 0.6 is 0 Å². The molecular weight excluding hydrogens is 460 g/mol. The summed E-state index contributed by atoms with van der Waals surface area (Å²) in [7, 11) is 0.503. The molecule has 0 spiro atoms. The number of aromatic nitrogens is 2. The zero-order valence-corrected chi connectivity index (χ0v) is 20.2. The van der Waals surface area contributed by atoms with Crippen LogP contribution < -0.4 is 21.6 Å². The molecule has 34 heavy (non-hydrogen) atoms. The van der Waals surface area contributed by atoms with E-state index in [0.29, 0.717) is 37.8 Å². The van der Waals surface area contributed by atoms with Gasteiger partial charge in [0.25, 0.3) is 5.91 Å². The fraction of sp³-hybridized carbons (Fsp3) is 0.429. The number of hydrazone groups is 1. The number of nitrogens with zero attached hydrogens (tertiary/aromatic N) is 5. The fourth-order valence-electron chi connectivity index (χ4n) is 3.35. The average Bonchev–Trinajstić information content (AvgIpc) is 2.82. The van der Waals surface area contributed by atoms with Gasteiger partial charge in [-0.15, -0.1) is 5.10 Å². The number of hydrogen-bond acceptors (Lipinski definition) is 9. The number of carbonyl (C=O) groups is 1. The second kappa shape index (κ2) is 11.8. The molecule has 1 aliphatic heterocycles. The van der Waals surface area contributed by atoms with Crippen molar-refractivity contribution in [3.8, 4) is 5.75 Å². The number of hydrogen-bond donors (Lipinski definition) is 3. The zero-order chi connectivity index (χ0) is 24.7. The van der Waals surface area contributed by atoms with Crippen molar-refractivity contribution in [2.24, 2.45) is 16.7 Å². The van der Waals surface area contributed by atoms with Gasteiger partial charge in [-0.3, -0.25) is 4.79 Å². The molecule has 0 aliphatic carbocycles. The molecule has 2 aromatic rings. The van der Waals surface area contributed by atoms with E-state index >= 15 is 0 Å². The lowest BCUT2D eigenvalue weighted by Gasteiger charge is -2.32. The van der Waals surface area contributed by atoms with Gasteiger partial charge in [0.15, 0.2) is 5.84 Å². The van der Waals surface area contributed by atoms with E-state index in [2.05, 4.69) is 20.4 Å². The number of aryl methyl sites for hydroxylation is 1. The maximum atomic E-state index is 12.7. The van der Waals surface area contributed by atoms with Gasteiger partial charge >= 0.3 is 0 Å². The van der Waals surface area contributed by atoms with Crippen molar-refractivity contribution in [1.82, 2.24) is 24.7 Å². The Labute approximate surface area is 200 Å². The molecule has 0 saturated carbocycles. The molecule has 12 nitrogen and oxygen atoms in total. The Morgan fingerprint density at radius 2 is 2.15 bits per heavy atom. The smallest absolute Gasteiger partial charge is 0.270 e. The van der Waals surface area contributed by atoms with Crippen LogP contribution in [-0.4, -0.2) is 81.1 Å². The van der Waals surface area contributed by atoms with Gasteiger partial charge in [0, 0.05) is 25.9 Å². The van der Waals surface area contributed by atoms with Crippen molar-refractivity contribution in [2.45, 2.75) is 19.6 Å². The van der Waals surface area contributed by atoms with Gasteiger partial charge in [0.05, 0.1) is 37.4 Å². The molecular formula is C21H30N8O4S. The van der Waals surface area contributed by atoms with E-state index in [0.717, 1.165) is 10.7 Å². The van der Waals surface area contributed by atoms with Gasteiger partial charge in [0.1, 0.15) is 23.0 Å². The second-order valence-electron chi connectivity index (χ2n) is 7.63. The number of rotatable bonds is 9. The summed E-state index contributed by atoms with van der Waals surface area (Å²) in [5, 5.41) is 8.14. The highest BCUT2D eigenvalue weighted by Gasteiger charge is 2.24. The Hall–Kier alpha value is -3.13. The molecule has 13 heteroatoms. The van der Waals surface area contributed by atoms with E-state index in [1.54, 1.807) is 24.6 Å². The maximum Gasteiger partial charge on any atom is 0.270 e. The number of methoxy groups -OCH3 is 1. The minimum absolute atomic E-state index is 0.0292. The SMILES string of the molecule is COc1cccc(CNC(=O)c2cc(/C(N)=N/N(N)CC3CN(S(C)=O)CCO3)nc(C)n2)c1. The summed E-state index contributed by atoms with van der Waals surface area (Å²) in [4.78, 5) is 21.1. The molecule has 0 radical (unpaired) electrons. The van der Waals surface area contributed by atoms with Crippen LogP contribution in [0.4, 0.5) is 0 Å². The van der Waals surface area contributed by atoms with Gasteiger partial charge in [-0.1, -0.05) is 12.1 Å². The maximum absolute atomic E-state index is 12.7. The number of amidine groups is 1. The van der Waals surface area contributed by atoms with Gasteiger partial charge in [-0.2, -0.15) is 0 Å². The molecule has 5 N–H and O–H groups in total. The lowest BCUT2D eigenvalue weighted by atomic mass is 10.2. The van der Waals surface area contributed by atoms with Crippen LogP contribution in [0, 0.1) is 6.92 Å². The zero-order valence-electron chi connectivity index (χ0n) is 19.4. The van der Waals surface area contributed by atoms with Crippen LogP contribution in [0.25, 0.3) is 0 Å². The monoisotopic (exact) mass is 490 g/mol. The van der Waals surface area contributed by atoms with Crippen LogP contribution in [0.15, 0.2) is 35.4 Å². The first kappa shape index (κ1) is 25.5. The third-order valence-electron chi connectivity index (χ3n) is 5.01. The third-order valence-corrected chi connectivity index (χ3v) is 6.07. The highest BCUT2D eigenvalue weighted by atomic mass is 32.2. The first-order valence-corrected chi connectivity index (χ1v) is 12.1. The lowest BCUT2D eigenvalue weighted by molar-refractivity contribution is -0.0184. The van der Waals surface area contributed by atoms with E-state index < -0.39 is 11.0 Å². The first-order chi connectivity index (χ1) is 16.2. The summed E-state index contributed by atoms with van der Waals surface area (Å²) in [6.45, 7) is 3.72. The van der Waals surface area contributed by atoms with E-state index in [-0.39, 0.29) is 35.8 Å². The average molecular weight is 491 g/mol. The molecule has 184 valence electrons. The van der Waals surface area contributed by atoms with E-state index in [1.165, 1.54) is 6.07 Å². The van der Waals surface area contributed by atoms with Crippen LogP contribution in [0.3, 0.4) is 0 Å².